The van der Waals surface area contributed by atoms with Crippen LogP contribution >= 0.6 is 0 Å². The van der Waals surface area contributed by atoms with E-state index in [-0.39, 0.29) is 4.90 Å². The van der Waals surface area contributed by atoms with Crippen molar-refractivity contribution in [2.45, 2.75) is 23.5 Å². The zero-order valence-corrected chi connectivity index (χ0v) is 17.2. The maximum Gasteiger partial charge on any atom is 0.416 e. The average Bonchev–Trinajstić information content (AvgIpc) is 3.19. The smallest absolute Gasteiger partial charge is 0.257 e. The summed E-state index contributed by atoms with van der Waals surface area (Å²) in [5, 5.41) is 11.4. The number of alkyl halides is 3. The van der Waals surface area contributed by atoms with Gasteiger partial charge in [0.15, 0.2) is 0 Å². The Labute approximate surface area is 181 Å². The van der Waals surface area contributed by atoms with Crippen molar-refractivity contribution in [1.82, 2.24) is 0 Å². The summed E-state index contributed by atoms with van der Waals surface area (Å²) in [7, 11) is -3.88. The van der Waals surface area contributed by atoms with Gasteiger partial charge in [-0.3, -0.25) is 5.01 Å². The Balaban J connectivity index is 1.73. The van der Waals surface area contributed by atoms with Crippen molar-refractivity contribution in [3.63, 3.8) is 0 Å². The molecule has 1 heterocycles. The number of hydrogen-bond donors (Lipinski definition) is 1. The molecule has 0 spiro atoms. The number of primary sulfonamides is 1. The third-order valence-corrected chi connectivity index (χ3v) is 6.07. The standard InChI is InChI=1S/C22H17F4N3O2S/c23-17-7-3-14(4-8-17)20-13-21(15-1-5-16(6-2-15)22(24,25)26)29(28-20)18-9-11-19(12-10-18)32(27,30)31/h1-12,21H,13H2,(H2,27,30,31). The van der Waals surface area contributed by atoms with E-state index >= 15 is 0 Å². The topological polar surface area (TPSA) is 75.8 Å². The van der Waals surface area contributed by atoms with Crippen LogP contribution in [0.25, 0.3) is 0 Å². The third kappa shape index (κ3) is 4.51. The van der Waals surface area contributed by atoms with Crippen molar-refractivity contribution in [2.24, 2.45) is 10.2 Å². The van der Waals surface area contributed by atoms with E-state index < -0.39 is 33.6 Å². The summed E-state index contributed by atoms with van der Waals surface area (Å²) in [6.45, 7) is 0. The molecule has 0 radical (unpaired) electrons. The fourth-order valence-corrected chi connectivity index (χ4v) is 4.02. The molecule has 3 aromatic rings. The van der Waals surface area contributed by atoms with Gasteiger partial charge in [-0.1, -0.05) is 24.3 Å². The Morgan fingerprint density at radius 2 is 1.50 bits per heavy atom. The minimum Gasteiger partial charge on any atom is -0.257 e. The summed E-state index contributed by atoms with van der Waals surface area (Å²) in [6, 6.07) is 15.8. The number of hydrazone groups is 1. The predicted molar refractivity (Wildman–Crippen MR) is 112 cm³/mol. The van der Waals surface area contributed by atoms with E-state index in [1.165, 1.54) is 48.5 Å². The SMILES string of the molecule is NS(=O)(=O)c1ccc(N2N=C(c3ccc(F)cc3)CC2c2ccc(C(F)(F)F)cc2)cc1. The number of nitrogens with two attached hydrogens (primary N) is 1. The van der Waals surface area contributed by atoms with E-state index in [0.29, 0.717) is 28.9 Å². The minimum absolute atomic E-state index is 0.0748. The van der Waals surface area contributed by atoms with Crippen LogP contribution in [0.2, 0.25) is 0 Å². The molecule has 0 saturated carbocycles. The molecule has 0 aliphatic carbocycles. The van der Waals surface area contributed by atoms with Gasteiger partial charge in [-0.25, -0.2) is 17.9 Å². The normalized spacial score (nSPS) is 16.8. The van der Waals surface area contributed by atoms with Gasteiger partial charge in [-0.15, -0.1) is 0 Å². The molecule has 1 aliphatic rings. The molecular formula is C22H17F4N3O2S. The van der Waals surface area contributed by atoms with Crippen LogP contribution in [0.4, 0.5) is 23.2 Å². The number of benzene rings is 3. The first-order chi connectivity index (χ1) is 15.0. The quantitative estimate of drug-likeness (QED) is 0.562. The highest BCUT2D eigenvalue weighted by Gasteiger charge is 2.33. The average molecular weight is 463 g/mol. The molecule has 4 rings (SSSR count). The molecule has 10 heteroatoms. The molecule has 3 aromatic carbocycles. The van der Waals surface area contributed by atoms with Crippen LogP contribution in [0.5, 0.6) is 0 Å². The van der Waals surface area contributed by atoms with Crippen molar-refractivity contribution in [1.29, 1.82) is 0 Å². The molecule has 1 atom stereocenters. The first-order valence-corrected chi connectivity index (χ1v) is 11.0. The Hall–Kier alpha value is -3.24. The molecular weight excluding hydrogens is 446 g/mol. The molecule has 0 fully saturated rings. The van der Waals surface area contributed by atoms with Crippen molar-refractivity contribution in [3.05, 3.63) is 95.3 Å². The van der Waals surface area contributed by atoms with Crippen LogP contribution in [0.3, 0.4) is 0 Å². The second kappa shape index (κ2) is 8.03. The molecule has 2 N–H and O–H groups in total. The summed E-state index contributed by atoms with van der Waals surface area (Å²) >= 11 is 0. The van der Waals surface area contributed by atoms with Crippen LogP contribution in [0, 0.1) is 5.82 Å². The Morgan fingerprint density at radius 1 is 0.906 bits per heavy atom. The lowest BCUT2D eigenvalue weighted by atomic mass is 9.97. The molecule has 0 bridgehead atoms. The van der Waals surface area contributed by atoms with Gasteiger partial charge in [-0.05, 0) is 59.7 Å². The van der Waals surface area contributed by atoms with E-state index in [0.717, 1.165) is 12.1 Å². The third-order valence-electron chi connectivity index (χ3n) is 5.14. The second-order valence-electron chi connectivity index (χ2n) is 7.28. The van der Waals surface area contributed by atoms with Crippen molar-refractivity contribution >= 4 is 21.4 Å². The summed E-state index contributed by atoms with van der Waals surface area (Å²) in [4.78, 5) is -0.0748. The first-order valence-electron chi connectivity index (χ1n) is 9.45. The van der Waals surface area contributed by atoms with Gasteiger partial charge in [0.2, 0.25) is 10.0 Å². The van der Waals surface area contributed by atoms with E-state index in [1.54, 1.807) is 17.1 Å². The van der Waals surface area contributed by atoms with E-state index in [1.807, 2.05) is 0 Å². The number of rotatable bonds is 4. The zero-order chi connectivity index (χ0) is 23.1. The van der Waals surface area contributed by atoms with Gasteiger partial charge >= 0.3 is 6.18 Å². The Kier molecular flexibility index (Phi) is 5.51. The molecule has 32 heavy (non-hydrogen) atoms. The molecule has 1 aliphatic heterocycles. The summed E-state index contributed by atoms with van der Waals surface area (Å²) in [5.41, 5.74) is 1.65. The van der Waals surface area contributed by atoms with Crippen LogP contribution in [-0.4, -0.2) is 14.1 Å². The van der Waals surface area contributed by atoms with Gasteiger partial charge in [0.05, 0.1) is 27.9 Å². The fourth-order valence-electron chi connectivity index (χ4n) is 3.51. The Bertz CT molecular complexity index is 1250. The number of anilines is 1. The maximum atomic E-state index is 13.3. The molecule has 166 valence electrons. The van der Waals surface area contributed by atoms with Crippen LogP contribution in [-0.2, 0) is 16.2 Å². The first kappa shape index (κ1) is 22.0. The number of sulfonamides is 1. The van der Waals surface area contributed by atoms with Crippen molar-refractivity contribution < 1.29 is 26.0 Å². The second-order valence-corrected chi connectivity index (χ2v) is 8.84. The summed E-state index contributed by atoms with van der Waals surface area (Å²) < 4.78 is 75.3. The highest BCUT2D eigenvalue weighted by molar-refractivity contribution is 7.89. The van der Waals surface area contributed by atoms with E-state index in [9.17, 15) is 26.0 Å². The highest BCUT2D eigenvalue weighted by Crippen LogP contribution is 2.38. The van der Waals surface area contributed by atoms with Gasteiger partial charge in [0, 0.05) is 6.42 Å². The maximum absolute atomic E-state index is 13.3. The van der Waals surface area contributed by atoms with Crippen LogP contribution in [0.1, 0.15) is 29.2 Å². The minimum atomic E-state index is -4.45. The van der Waals surface area contributed by atoms with Gasteiger partial charge < -0.3 is 0 Å². The van der Waals surface area contributed by atoms with E-state index in [4.69, 9.17) is 5.14 Å². The van der Waals surface area contributed by atoms with Crippen LogP contribution < -0.4 is 10.1 Å². The number of halogens is 4. The largest absolute Gasteiger partial charge is 0.416 e. The lowest BCUT2D eigenvalue weighted by molar-refractivity contribution is -0.137. The van der Waals surface area contributed by atoms with E-state index in [2.05, 4.69) is 5.10 Å². The lowest BCUT2D eigenvalue weighted by Gasteiger charge is -2.24. The van der Waals surface area contributed by atoms with Crippen molar-refractivity contribution in [3.8, 4) is 0 Å². The van der Waals surface area contributed by atoms with Gasteiger partial charge in [0.1, 0.15) is 5.82 Å². The van der Waals surface area contributed by atoms with Crippen LogP contribution in [0.15, 0.2) is 82.8 Å². The number of hydrogen-bond acceptors (Lipinski definition) is 4. The molecule has 0 saturated heterocycles. The monoisotopic (exact) mass is 463 g/mol. The highest BCUT2D eigenvalue weighted by atomic mass is 32.2. The number of nitrogens with zero attached hydrogens (tertiary/aromatic N) is 2. The molecule has 0 amide bonds. The predicted octanol–water partition coefficient (Wildman–Crippen LogP) is 4.85. The molecule has 5 nitrogen and oxygen atoms in total. The zero-order valence-electron chi connectivity index (χ0n) is 16.4. The Morgan fingerprint density at radius 3 is 2.03 bits per heavy atom. The van der Waals surface area contributed by atoms with Gasteiger partial charge in [0.25, 0.3) is 0 Å². The molecule has 1 unspecified atom stereocenters. The lowest BCUT2D eigenvalue weighted by Crippen LogP contribution is -2.19. The van der Waals surface area contributed by atoms with Crippen molar-refractivity contribution in [2.75, 3.05) is 5.01 Å². The summed E-state index contributed by atoms with van der Waals surface area (Å²) in [5.74, 6) is -0.401. The fraction of sp³-hybridized carbons (Fsp3) is 0.136. The van der Waals surface area contributed by atoms with Gasteiger partial charge in [-0.2, -0.15) is 18.3 Å². The summed E-state index contributed by atoms with van der Waals surface area (Å²) in [6.07, 6.45) is -4.10. The molecule has 0 aromatic heterocycles.